The SMILES string of the molecule is Cl.Cl.NC1(C(=O)N2CCN(Cc3nccn3C(F)F)CC2)CCCCC1. The highest BCUT2D eigenvalue weighted by Gasteiger charge is 2.39. The lowest BCUT2D eigenvalue weighted by Gasteiger charge is -2.41. The molecule has 0 radical (unpaired) electrons. The summed E-state index contributed by atoms with van der Waals surface area (Å²) in [7, 11) is 0. The average Bonchev–Trinajstić information content (AvgIpc) is 3.04. The average molecular weight is 414 g/mol. The van der Waals surface area contributed by atoms with E-state index in [0.717, 1.165) is 36.7 Å². The van der Waals surface area contributed by atoms with Crippen LogP contribution in [0.3, 0.4) is 0 Å². The van der Waals surface area contributed by atoms with Crippen molar-refractivity contribution >= 4 is 30.7 Å². The number of nitrogens with zero attached hydrogens (tertiary/aromatic N) is 4. The van der Waals surface area contributed by atoms with Crippen molar-refractivity contribution in [2.45, 2.75) is 50.7 Å². The van der Waals surface area contributed by atoms with Crippen LogP contribution in [-0.2, 0) is 11.3 Å². The lowest BCUT2D eigenvalue weighted by molar-refractivity contribution is -0.140. The van der Waals surface area contributed by atoms with Crippen LogP contribution in [-0.4, -0.2) is 57.0 Å². The first-order chi connectivity index (χ1) is 11.5. The Hall–Kier alpha value is -0.960. The number of carbonyl (C=O) groups excluding carboxylic acids is 1. The van der Waals surface area contributed by atoms with Gasteiger partial charge in [-0.2, -0.15) is 8.78 Å². The standard InChI is InChI=1S/C16H25F2N5O.2ClH/c17-15(18)23-7-6-20-13(23)12-21-8-10-22(11-9-21)14(24)16(19)4-2-1-3-5-16;;/h6-7,15H,1-5,8-12,19H2;2*1H. The van der Waals surface area contributed by atoms with Crippen molar-refractivity contribution < 1.29 is 13.6 Å². The van der Waals surface area contributed by atoms with Gasteiger partial charge in [0.15, 0.2) is 0 Å². The second-order valence-electron chi connectivity index (χ2n) is 6.81. The molecule has 1 aromatic rings. The zero-order valence-corrected chi connectivity index (χ0v) is 16.3. The number of rotatable bonds is 4. The van der Waals surface area contributed by atoms with Crippen LogP contribution >= 0.6 is 24.8 Å². The maximum atomic E-state index is 12.9. The minimum atomic E-state index is -2.58. The summed E-state index contributed by atoms with van der Waals surface area (Å²) >= 11 is 0. The van der Waals surface area contributed by atoms with Gasteiger partial charge in [-0.15, -0.1) is 24.8 Å². The van der Waals surface area contributed by atoms with Gasteiger partial charge in [0.05, 0.1) is 12.1 Å². The molecule has 0 atom stereocenters. The number of hydrogen-bond donors (Lipinski definition) is 1. The van der Waals surface area contributed by atoms with E-state index in [2.05, 4.69) is 9.88 Å². The highest BCUT2D eigenvalue weighted by atomic mass is 35.5. The molecule has 0 spiro atoms. The van der Waals surface area contributed by atoms with Crippen molar-refractivity contribution in [3.63, 3.8) is 0 Å². The van der Waals surface area contributed by atoms with Crippen LogP contribution < -0.4 is 5.73 Å². The Labute approximate surface area is 164 Å². The van der Waals surface area contributed by atoms with Gasteiger partial charge < -0.3 is 10.6 Å². The molecule has 2 aliphatic rings. The summed E-state index contributed by atoms with van der Waals surface area (Å²) in [5, 5.41) is 0. The van der Waals surface area contributed by atoms with E-state index in [9.17, 15) is 13.6 Å². The molecule has 26 heavy (non-hydrogen) atoms. The fourth-order valence-electron chi connectivity index (χ4n) is 3.66. The topological polar surface area (TPSA) is 67.4 Å². The first-order valence-corrected chi connectivity index (χ1v) is 8.60. The van der Waals surface area contributed by atoms with Crippen LogP contribution in [0.1, 0.15) is 44.5 Å². The van der Waals surface area contributed by atoms with Gasteiger partial charge in [-0.05, 0) is 12.8 Å². The van der Waals surface area contributed by atoms with E-state index >= 15 is 0 Å². The molecule has 2 heterocycles. The largest absolute Gasteiger partial charge is 0.339 e. The van der Waals surface area contributed by atoms with Crippen molar-refractivity contribution in [3.8, 4) is 0 Å². The van der Waals surface area contributed by atoms with Crippen LogP contribution in [0.5, 0.6) is 0 Å². The van der Waals surface area contributed by atoms with E-state index in [1.807, 2.05) is 4.90 Å². The van der Waals surface area contributed by atoms with Crippen molar-refractivity contribution in [2.75, 3.05) is 26.2 Å². The molecule has 2 N–H and O–H groups in total. The smallest absolute Gasteiger partial charge is 0.319 e. The molecule has 1 amide bonds. The van der Waals surface area contributed by atoms with E-state index in [4.69, 9.17) is 5.73 Å². The third-order valence-corrected chi connectivity index (χ3v) is 5.16. The summed E-state index contributed by atoms with van der Waals surface area (Å²) in [6.45, 7) is 0.275. The summed E-state index contributed by atoms with van der Waals surface area (Å²) in [4.78, 5) is 20.6. The Kier molecular flexibility index (Phi) is 8.72. The predicted octanol–water partition coefficient (Wildman–Crippen LogP) is 2.43. The van der Waals surface area contributed by atoms with Crippen LogP contribution in [0.25, 0.3) is 0 Å². The zero-order valence-electron chi connectivity index (χ0n) is 14.6. The number of amides is 1. The number of imidazole rings is 1. The van der Waals surface area contributed by atoms with E-state index in [1.54, 1.807) is 0 Å². The van der Waals surface area contributed by atoms with Crippen molar-refractivity contribution in [1.29, 1.82) is 0 Å². The van der Waals surface area contributed by atoms with Crippen molar-refractivity contribution in [3.05, 3.63) is 18.2 Å². The molecule has 0 aromatic carbocycles. The summed E-state index contributed by atoms with van der Waals surface area (Å²) in [5.41, 5.74) is 5.63. The quantitative estimate of drug-likeness (QED) is 0.822. The normalized spacial score (nSPS) is 20.4. The lowest BCUT2D eigenvalue weighted by atomic mass is 9.81. The molecule has 1 aliphatic heterocycles. The first kappa shape index (κ1) is 23.1. The molecular weight excluding hydrogens is 387 g/mol. The highest BCUT2D eigenvalue weighted by Crippen LogP contribution is 2.28. The first-order valence-electron chi connectivity index (χ1n) is 8.60. The van der Waals surface area contributed by atoms with Gasteiger partial charge in [-0.25, -0.2) is 4.98 Å². The number of carbonyl (C=O) groups is 1. The molecule has 2 fully saturated rings. The van der Waals surface area contributed by atoms with E-state index in [0.29, 0.717) is 38.5 Å². The number of nitrogens with two attached hydrogens (primary N) is 1. The molecule has 1 saturated heterocycles. The molecule has 10 heteroatoms. The Morgan fingerprint density at radius 3 is 2.35 bits per heavy atom. The molecular formula is C16H27Cl2F2N5O. The summed E-state index contributed by atoms with van der Waals surface area (Å²) in [6, 6.07) is 0. The van der Waals surface area contributed by atoms with Gasteiger partial charge >= 0.3 is 6.55 Å². The fraction of sp³-hybridized carbons (Fsp3) is 0.750. The Morgan fingerprint density at radius 1 is 1.15 bits per heavy atom. The minimum absolute atomic E-state index is 0. The number of aromatic nitrogens is 2. The van der Waals surface area contributed by atoms with Crippen LogP contribution in [0, 0.1) is 0 Å². The molecule has 0 unspecified atom stereocenters. The van der Waals surface area contributed by atoms with Gasteiger partial charge in [-0.3, -0.25) is 14.3 Å². The highest BCUT2D eigenvalue weighted by molar-refractivity contribution is 5.86. The van der Waals surface area contributed by atoms with Gasteiger partial charge in [0, 0.05) is 38.6 Å². The van der Waals surface area contributed by atoms with Crippen molar-refractivity contribution in [2.24, 2.45) is 5.73 Å². The Morgan fingerprint density at radius 2 is 1.77 bits per heavy atom. The third-order valence-electron chi connectivity index (χ3n) is 5.16. The fourth-order valence-corrected chi connectivity index (χ4v) is 3.66. The lowest BCUT2D eigenvalue weighted by Crippen LogP contribution is -2.60. The summed E-state index contributed by atoms with van der Waals surface area (Å²) < 4.78 is 26.6. The molecule has 1 aromatic heterocycles. The Balaban J connectivity index is 0.00000169. The zero-order chi connectivity index (χ0) is 17.2. The van der Waals surface area contributed by atoms with Gasteiger partial charge in [0.1, 0.15) is 5.82 Å². The van der Waals surface area contributed by atoms with Crippen LogP contribution in [0.2, 0.25) is 0 Å². The monoisotopic (exact) mass is 413 g/mol. The van der Waals surface area contributed by atoms with E-state index in [-0.39, 0.29) is 30.7 Å². The number of alkyl halides is 2. The van der Waals surface area contributed by atoms with Gasteiger partial charge in [0.2, 0.25) is 5.91 Å². The minimum Gasteiger partial charge on any atom is -0.339 e. The molecule has 1 aliphatic carbocycles. The number of halogens is 4. The van der Waals surface area contributed by atoms with Crippen LogP contribution in [0.15, 0.2) is 12.4 Å². The maximum absolute atomic E-state index is 12.9. The van der Waals surface area contributed by atoms with E-state index in [1.165, 1.54) is 12.4 Å². The second kappa shape index (κ2) is 9.82. The maximum Gasteiger partial charge on any atom is 0.319 e. The van der Waals surface area contributed by atoms with E-state index < -0.39 is 12.1 Å². The molecule has 150 valence electrons. The molecule has 6 nitrogen and oxygen atoms in total. The number of piperazine rings is 1. The number of hydrogen-bond acceptors (Lipinski definition) is 4. The van der Waals surface area contributed by atoms with Gasteiger partial charge in [0.25, 0.3) is 0 Å². The second-order valence-corrected chi connectivity index (χ2v) is 6.81. The molecule has 3 rings (SSSR count). The summed E-state index contributed by atoms with van der Waals surface area (Å²) in [6.07, 6.45) is 7.38. The third kappa shape index (κ3) is 5.06. The molecule has 0 bridgehead atoms. The van der Waals surface area contributed by atoms with Crippen LogP contribution in [0.4, 0.5) is 8.78 Å². The van der Waals surface area contributed by atoms with Gasteiger partial charge in [-0.1, -0.05) is 19.3 Å². The Bertz CT molecular complexity index is 573. The summed E-state index contributed by atoms with van der Waals surface area (Å²) in [5.74, 6) is 0.406. The predicted molar refractivity (Wildman–Crippen MR) is 99.8 cm³/mol. The van der Waals surface area contributed by atoms with Crippen molar-refractivity contribution in [1.82, 2.24) is 19.4 Å². The molecule has 1 saturated carbocycles.